The fourth-order valence-corrected chi connectivity index (χ4v) is 3.48. The number of para-hydroxylation sites is 1. The van der Waals surface area contributed by atoms with Crippen LogP contribution in [0.15, 0.2) is 46.4 Å². The number of aliphatic imine (C=N–C) groups is 2. The number of phenolic OH excluding ortho intramolecular Hbond substituents is 2. The van der Waals surface area contributed by atoms with Gasteiger partial charge >= 0.3 is 0 Å². The third-order valence-electron chi connectivity index (χ3n) is 4.92. The Morgan fingerprint density at radius 1 is 0.885 bits per heavy atom. The Balaban J connectivity index is 1.78. The van der Waals surface area contributed by atoms with Crippen LogP contribution in [0.3, 0.4) is 0 Å². The van der Waals surface area contributed by atoms with Crippen molar-refractivity contribution < 1.29 is 10.2 Å². The van der Waals surface area contributed by atoms with E-state index in [1.807, 2.05) is 38.1 Å². The molecule has 0 radical (unpaired) electrons. The van der Waals surface area contributed by atoms with E-state index in [4.69, 9.17) is 9.98 Å². The van der Waals surface area contributed by atoms with Crippen LogP contribution in [-0.2, 0) is 0 Å². The predicted octanol–water partition coefficient (Wildman–Crippen LogP) is 4.56. The molecule has 0 saturated heterocycles. The molecule has 0 bridgehead atoms. The Kier molecular flexibility index (Phi) is 5.71. The number of hydrogen-bond acceptors (Lipinski definition) is 4. The predicted molar refractivity (Wildman–Crippen MR) is 107 cm³/mol. The van der Waals surface area contributed by atoms with Crippen molar-refractivity contribution in [2.24, 2.45) is 9.98 Å². The molecule has 0 heterocycles. The van der Waals surface area contributed by atoms with Crippen molar-refractivity contribution in [1.29, 1.82) is 0 Å². The van der Waals surface area contributed by atoms with Gasteiger partial charge < -0.3 is 10.2 Å². The summed E-state index contributed by atoms with van der Waals surface area (Å²) in [6, 6.07) is 11.3. The lowest BCUT2D eigenvalue weighted by atomic mass is 9.91. The van der Waals surface area contributed by atoms with Crippen LogP contribution in [0.1, 0.15) is 47.9 Å². The summed E-state index contributed by atoms with van der Waals surface area (Å²) in [5.41, 5.74) is 3.47. The van der Waals surface area contributed by atoms with Crippen LogP contribution in [0.25, 0.3) is 0 Å². The molecule has 1 aliphatic carbocycles. The van der Waals surface area contributed by atoms with E-state index in [1.54, 1.807) is 24.6 Å². The van der Waals surface area contributed by atoms with Crippen molar-refractivity contribution in [3.8, 4) is 11.5 Å². The second-order valence-corrected chi connectivity index (χ2v) is 7.05. The highest BCUT2D eigenvalue weighted by Crippen LogP contribution is 2.26. The normalized spacial score (nSPS) is 20.8. The van der Waals surface area contributed by atoms with Crippen molar-refractivity contribution in [1.82, 2.24) is 0 Å². The smallest absolute Gasteiger partial charge is 0.127 e. The van der Waals surface area contributed by atoms with Gasteiger partial charge in [0.05, 0.1) is 12.1 Å². The zero-order valence-electron chi connectivity index (χ0n) is 15.4. The number of aromatic hydroxyl groups is 2. The summed E-state index contributed by atoms with van der Waals surface area (Å²) in [5, 5.41) is 20.1. The number of phenols is 2. The molecule has 2 unspecified atom stereocenters. The molecule has 4 nitrogen and oxygen atoms in total. The Labute approximate surface area is 155 Å². The minimum absolute atomic E-state index is 0.103. The summed E-state index contributed by atoms with van der Waals surface area (Å²) in [6.45, 7) is 3.92. The van der Waals surface area contributed by atoms with E-state index < -0.39 is 0 Å². The minimum atomic E-state index is 0.103. The Morgan fingerprint density at radius 3 is 2.15 bits per heavy atom. The maximum atomic E-state index is 10.3. The van der Waals surface area contributed by atoms with Crippen molar-refractivity contribution >= 4 is 12.4 Å². The lowest BCUT2D eigenvalue weighted by Gasteiger charge is -2.25. The summed E-state index contributed by atoms with van der Waals surface area (Å²) < 4.78 is 0. The Morgan fingerprint density at radius 2 is 1.50 bits per heavy atom. The molecule has 2 atom stereocenters. The van der Waals surface area contributed by atoms with Crippen LogP contribution >= 0.6 is 0 Å². The maximum Gasteiger partial charge on any atom is 0.127 e. The molecular formula is C22H26N2O2. The van der Waals surface area contributed by atoms with Crippen LogP contribution < -0.4 is 0 Å². The molecule has 1 fully saturated rings. The highest BCUT2D eigenvalue weighted by Gasteiger charge is 2.23. The molecule has 0 aliphatic heterocycles. The quantitative estimate of drug-likeness (QED) is 0.794. The van der Waals surface area contributed by atoms with Gasteiger partial charge in [0, 0.05) is 23.6 Å². The molecule has 136 valence electrons. The van der Waals surface area contributed by atoms with Crippen LogP contribution in [0.4, 0.5) is 0 Å². The van der Waals surface area contributed by atoms with Gasteiger partial charge in [-0.15, -0.1) is 0 Å². The standard InChI is InChI=1S/C22H26N2O2/c1-15-11-16(2)22(26)18(12-15)14-24-20-9-5-4-8-19(20)23-13-17-7-3-6-10-21(17)25/h3,6-7,10-14,19-20,25-26H,4-5,8-9H2,1-2H3/b23-13+,24-14+. The molecule has 2 N–H and O–H groups in total. The van der Waals surface area contributed by atoms with Gasteiger partial charge in [0.25, 0.3) is 0 Å². The second kappa shape index (κ2) is 8.17. The first kappa shape index (κ1) is 18.2. The van der Waals surface area contributed by atoms with Gasteiger partial charge in [-0.05, 0) is 56.0 Å². The first-order chi connectivity index (χ1) is 12.5. The number of nitrogens with zero attached hydrogens (tertiary/aromatic N) is 2. The maximum absolute atomic E-state index is 10.3. The number of hydrogen-bond donors (Lipinski definition) is 2. The summed E-state index contributed by atoms with van der Waals surface area (Å²) in [6.07, 6.45) is 7.80. The molecule has 26 heavy (non-hydrogen) atoms. The first-order valence-electron chi connectivity index (χ1n) is 9.19. The van der Waals surface area contributed by atoms with Crippen LogP contribution in [-0.4, -0.2) is 34.7 Å². The van der Waals surface area contributed by atoms with Gasteiger partial charge in [-0.2, -0.15) is 0 Å². The SMILES string of the molecule is Cc1cc(C)c(O)c(/C=N/C2CCCCC2/N=C/c2ccccc2O)c1. The number of rotatable bonds is 4. The molecule has 1 saturated carbocycles. The van der Waals surface area contributed by atoms with E-state index in [9.17, 15) is 10.2 Å². The average Bonchev–Trinajstić information content (AvgIpc) is 2.63. The van der Waals surface area contributed by atoms with Gasteiger partial charge in [-0.25, -0.2) is 0 Å². The summed E-state index contributed by atoms with van der Waals surface area (Å²) in [7, 11) is 0. The second-order valence-electron chi connectivity index (χ2n) is 7.05. The number of benzene rings is 2. The molecule has 0 spiro atoms. The van der Waals surface area contributed by atoms with Gasteiger partial charge in [0.2, 0.25) is 0 Å². The molecular weight excluding hydrogens is 324 g/mol. The van der Waals surface area contributed by atoms with E-state index in [2.05, 4.69) is 0 Å². The third kappa shape index (κ3) is 4.31. The van der Waals surface area contributed by atoms with Crippen molar-refractivity contribution in [2.75, 3.05) is 0 Å². The van der Waals surface area contributed by atoms with Gasteiger partial charge in [0.15, 0.2) is 0 Å². The van der Waals surface area contributed by atoms with Crippen molar-refractivity contribution in [3.05, 3.63) is 58.7 Å². The van der Waals surface area contributed by atoms with E-state index in [1.165, 1.54) is 0 Å². The zero-order chi connectivity index (χ0) is 18.5. The third-order valence-corrected chi connectivity index (χ3v) is 4.92. The first-order valence-corrected chi connectivity index (χ1v) is 9.19. The minimum Gasteiger partial charge on any atom is -0.507 e. The van der Waals surface area contributed by atoms with Crippen LogP contribution in [0.5, 0.6) is 11.5 Å². The fraction of sp³-hybridized carbons (Fsp3) is 0.364. The lowest BCUT2D eigenvalue weighted by Crippen LogP contribution is -2.27. The highest BCUT2D eigenvalue weighted by atomic mass is 16.3. The van der Waals surface area contributed by atoms with E-state index in [-0.39, 0.29) is 17.8 Å². The summed E-state index contributed by atoms with van der Waals surface area (Å²) >= 11 is 0. The van der Waals surface area contributed by atoms with E-state index in [0.717, 1.165) is 47.9 Å². The van der Waals surface area contributed by atoms with E-state index in [0.29, 0.717) is 5.75 Å². The van der Waals surface area contributed by atoms with E-state index >= 15 is 0 Å². The molecule has 2 aromatic carbocycles. The number of aryl methyl sites for hydroxylation is 2. The molecule has 0 aromatic heterocycles. The molecule has 3 rings (SSSR count). The van der Waals surface area contributed by atoms with Gasteiger partial charge in [-0.1, -0.05) is 31.0 Å². The Bertz CT molecular complexity index is 827. The summed E-state index contributed by atoms with van der Waals surface area (Å²) in [4.78, 5) is 9.46. The van der Waals surface area contributed by atoms with Crippen LogP contribution in [0, 0.1) is 13.8 Å². The molecule has 0 amide bonds. The monoisotopic (exact) mass is 350 g/mol. The topological polar surface area (TPSA) is 65.2 Å². The fourth-order valence-electron chi connectivity index (χ4n) is 3.48. The Hall–Kier alpha value is -2.62. The lowest BCUT2D eigenvalue weighted by molar-refractivity contribution is 0.390. The highest BCUT2D eigenvalue weighted by molar-refractivity contribution is 5.85. The largest absolute Gasteiger partial charge is 0.507 e. The molecule has 1 aliphatic rings. The molecule has 2 aromatic rings. The van der Waals surface area contributed by atoms with Crippen LogP contribution in [0.2, 0.25) is 0 Å². The van der Waals surface area contributed by atoms with Crippen molar-refractivity contribution in [2.45, 2.75) is 51.6 Å². The van der Waals surface area contributed by atoms with Gasteiger partial charge in [-0.3, -0.25) is 9.98 Å². The molecule has 4 heteroatoms. The zero-order valence-corrected chi connectivity index (χ0v) is 15.4. The van der Waals surface area contributed by atoms with Crippen molar-refractivity contribution in [3.63, 3.8) is 0 Å². The van der Waals surface area contributed by atoms with Gasteiger partial charge in [0.1, 0.15) is 11.5 Å². The summed E-state index contributed by atoms with van der Waals surface area (Å²) in [5.74, 6) is 0.539. The average molecular weight is 350 g/mol.